The van der Waals surface area contributed by atoms with E-state index in [1.807, 2.05) is 0 Å². The molecule has 0 spiro atoms. The minimum Gasteiger partial charge on any atom is -0.315 e. The van der Waals surface area contributed by atoms with Crippen LogP contribution in [-0.2, 0) is 10.0 Å². The minimum absolute atomic E-state index is 0. The lowest BCUT2D eigenvalue weighted by Crippen LogP contribution is -2.42. The van der Waals surface area contributed by atoms with Crippen LogP contribution in [0, 0.1) is 0 Å². The fraction of sp³-hybridized carbons (Fsp3) is 0.538. The third-order valence-corrected chi connectivity index (χ3v) is 6.79. The summed E-state index contributed by atoms with van der Waals surface area (Å²) in [6.45, 7) is 1.59. The van der Waals surface area contributed by atoms with Crippen LogP contribution in [0.1, 0.15) is 19.3 Å². The molecule has 0 radical (unpaired) electrons. The predicted molar refractivity (Wildman–Crippen MR) is 87.0 cm³/mol. The summed E-state index contributed by atoms with van der Waals surface area (Å²) in [7, 11) is -3.51. The fourth-order valence-corrected chi connectivity index (χ4v) is 5.38. The van der Waals surface area contributed by atoms with E-state index in [4.69, 9.17) is 23.2 Å². The highest BCUT2D eigenvalue weighted by molar-refractivity contribution is 7.89. The van der Waals surface area contributed by atoms with Gasteiger partial charge in [0, 0.05) is 18.6 Å². The molecule has 2 fully saturated rings. The van der Waals surface area contributed by atoms with Crippen molar-refractivity contribution in [3.63, 3.8) is 0 Å². The largest absolute Gasteiger partial charge is 0.315 e. The molecule has 2 heterocycles. The molecular formula is C13H17Cl3N2O2S. The summed E-state index contributed by atoms with van der Waals surface area (Å²) >= 11 is 11.8. The van der Waals surface area contributed by atoms with Gasteiger partial charge >= 0.3 is 0 Å². The molecule has 2 unspecified atom stereocenters. The highest BCUT2D eigenvalue weighted by atomic mass is 35.5. The van der Waals surface area contributed by atoms with E-state index in [1.165, 1.54) is 18.2 Å². The quantitative estimate of drug-likeness (QED) is 0.869. The first kappa shape index (κ1) is 17.3. The van der Waals surface area contributed by atoms with Crippen molar-refractivity contribution < 1.29 is 8.42 Å². The first-order chi connectivity index (χ1) is 9.50. The van der Waals surface area contributed by atoms with Crippen LogP contribution in [0.5, 0.6) is 0 Å². The van der Waals surface area contributed by atoms with Crippen molar-refractivity contribution in [2.24, 2.45) is 0 Å². The summed E-state index contributed by atoms with van der Waals surface area (Å²) in [5.74, 6) is 0. The molecule has 0 aliphatic carbocycles. The molecule has 118 valence electrons. The number of sulfonamides is 1. The Morgan fingerprint density at radius 1 is 1.10 bits per heavy atom. The molecule has 4 nitrogen and oxygen atoms in total. The topological polar surface area (TPSA) is 49.4 Å². The Morgan fingerprint density at radius 3 is 2.52 bits per heavy atom. The van der Waals surface area contributed by atoms with Crippen LogP contribution in [-0.4, -0.2) is 37.9 Å². The molecule has 3 rings (SSSR count). The molecule has 2 saturated heterocycles. The van der Waals surface area contributed by atoms with Gasteiger partial charge in [0.2, 0.25) is 10.0 Å². The number of fused-ring (bicyclic) bond motifs is 2. The molecule has 2 aliphatic heterocycles. The minimum atomic E-state index is -3.51. The molecule has 1 aromatic carbocycles. The lowest BCUT2D eigenvalue weighted by molar-refractivity contribution is 0.334. The smallest absolute Gasteiger partial charge is 0.243 e. The predicted octanol–water partition coefficient (Wildman–Crippen LogP) is 2.93. The lowest BCUT2D eigenvalue weighted by Gasteiger charge is -2.27. The second kappa shape index (κ2) is 6.60. The van der Waals surface area contributed by atoms with Gasteiger partial charge in [0.25, 0.3) is 0 Å². The second-order valence-corrected chi connectivity index (χ2v) is 7.95. The van der Waals surface area contributed by atoms with Crippen LogP contribution >= 0.6 is 35.6 Å². The number of halogens is 3. The van der Waals surface area contributed by atoms with Gasteiger partial charge in [-0.3, -0.25) is 0 Å². The molecule has 2 atom stereocenters. The van der Waals surface area contributed by atoms with Gasteiger partial charge < -0.3 is 5.32 Å². The van der Waals surface area contributed by atoms with Crippen LogP contribution in [0.25, 0.3) is 0 Å². The Morgan fingerprint density at radius 2 is 1.81 bits per heavy atom. The van der Waals surface area contributed by atoms with E-state index in [0.29, 0.717) is 5.02 Å². The Balaban J connectivity index is 0.00000161. The standard InChI is InChI=1S/C13H16Cl2N2O2S.ClH/c14-12-4-3-11(7-13(12)15)20(18,19)17-9-1-2-10(17)8-16-6-5-9;/h3-4,7,9-10,16H,1-2,5-6,8H2;1H. The van der Waals surface area contributed by atoms with Gasteiger partial charge in [-0.2, -0.15) is 4.31 Å². The van der Waals surface area contributed by atoms with Gasteiger partial charge in [-0.15, -0.1) is 12.4 Å². The number of nitrogens with zero attached hydrogens (tertiary/aromatic N) is 1. The summed E-state index contributed by atoms with van der Waals surface area (Å²) in [6.07, 6.45) is 2.71. The molecule has 2 bridgehead atoms. The highest BCUT2D eigenvalue weighted by Gasteiger charge is 2.43. The van der Waals surface area contributed by atoms with Crippen molar-refractivity contribution in [2.75, 3.05) is 13.1 Å². The summed E-state index contributed by atoms with van der Waals surface area (Å²) in [6, 6.07) is 4.64. The molecule has 1 N–H and O–H groups in total. The molecule has 1 aromatic rings. The zero-order chi connectivity index (χ0) is 14.3. The molecule has 0 aromatic heterocycles. The summed E-state index contributed by atoms with van der Waals surface area (Å²) < 4.78 is 27.4. The number of nitrogens with one attached hydrogen (secondary N) is 1. The second-order valence-electron chi connectivity index (χ2n) is 5.29. The third kappa shape index (κ3) is 3.19. The molecule has 0 amide bonds. The highest BCUT2D eigenvalue weighted by Crippen LogP contribution is 2.35. The number of benzene rings is 1. The summed E-state index contributed by atoms with van der Waals surface area (Å²) in [4.78, 5) is 0.228. The molecule has 0 saturated carbocycles. The SMILES string of the molecule is Cl.O=S(=O)(c1ccc(Cl)c(Cl)c1)N1C2CCNCC1CC2. The summed E-state index contributed by atoms with van der Waals surface area (Å²) in [5, 5.41) is 3.94. The van der Waals surface area contributed by atoms with Crippen LogP contribution in [0.4, 0.5) is 0 Å². The summed E-state index contributed by atoms with van der Waals surface area (Å²) in [5.41, 5.74) is 0. The van der Waals surface area contributed by atoms with Crippen molar-refractivity contribution in [3.8, 4) is 0 Å². The molecular weight excluding hydrogens is 355 g/mol. The van der Waals surface area contributed by atoms with Crippen molar-refractivity contribution in [1.29, 1.82) is 0 Å². The zero-order valence-corrected chi connectivity index (χ0v) is 14.4. The van der Waals surface area contributed by atoms with Gasteiger partial charge in [0.15, 0.2) is 0 Å². The number of rotatable bonds is 2. The zero-order valence-electron chi connectivity index (χ0n) is 11.3. The molecule has 8 heteroatoms. The third-order valence-electron chi connectivity index (χ3n) is 4.05. The first-order valence-electron chi connectivity index (χ1n) is 6.69. The van der Waals surface area contributed by atoms with Gasteiger partial charge in [0.1, 0.15) is 0 Å². The Kier molecular flexibility index (Phi) is 5.45. The van der Waals surface area contributed by atoms with Crippen LogP contribution in [0.2, 0.25) is 10.0 Å². The first-order valence-corrected chi connectivity index (χ1v) is 8.89. The fourth-order valence-electron chi connectivity index (χ4n) is 3.09. The normalized spacial score (nSPS) is 26.2. The van der Waals surface area contributed by atoms with E-state index in [0.717, 1.165) is 32.4 Å². The van der Waals surface area contributed by atoms with Crippen molar-refractivity contribution >= 4 is 45.6 Å². The molecule has 2 aliphatic rings. The maximum absolute atomic E-state index is 12.9. The van der Waals surface area contributed by atoms with E-state index >= 15 is 0 Å². The monoisotopic (exact) mass is 370 g/mol. The van der Waals surface area contributed by atoms with Crippen LogP contribution in [0.3, 0.4) is 0 Å². The van der Waals surface area contributed by atoms with Gasteiger partial charge in [-0.25, -0.2) is 8.42 Å². The van der Waals surface area contributed by atoms with Crippen molar-refractivity contribution in [3.05, 3.63) is 28.2 Å². The average molecular weight is 372 g/mol. The van der Waals surface area contributed by atoms with Gasteiger partial charge in [0.05, 0.1) is 14.9 Å². The Labute approximate surface area is 141 Å². The van der Waals surface area contributed by atoms with Gasteiger partial charge in [-0.1, -0.05) is 23.2 Å². The van der Waals surface area contributed by atoms with E-state index in [9.17, 15) is 8.42 Å². The van der Waals surface area contributed by atoms with E-state index in [2.05, 4.69) is 5.32 Å². The van der Waals surface area contributed by atoms with Gasteiger partial charge in [-0.05, 0) is 44.0 Å². The maximum Gasteiger partial charge on any atom is 0.243 e. The lowest BCUT2D eigenvalue weighted by atomic mass is 10.1. The maximum atomic E-state index is 12.9. The van der Waals surface area contributed by atoms with Crippen molar-refractivity contribution in [1.82, 2.24) is 9.62 Å². The van der Waals surface area contributed by atoms with E-state index in [-0.39, 0.29) is 34.4 Å². The molecule has 21 heavy (non-hydrogen) atoms. The van der Waals surface area contributed by atoms with Crippen LogP contribution < -0.4 is 5.32 Å². The van der Waals surface area contributed by atoms with E-state index in [1.54, 1.807) is 4.31 Å². The van der Waals surface area contributed by atoms with E-state index < -0.39 is 10.0 Å². The Hall–Kier alpha value is -0.0400. The Bertz CT molecular complexity index is 610. The number of hydrogen-bond acceptors (Lipinski definition) is 3. The number of hydrogen-bond donors (Lipinski definition) is 1. The average Bonchev–Trinajstić information content (AvgIpc) is 2.66. The van der Waals surface area contributed by atoms with Crippen molar-refractivity contribution in [2.45, 2.75) is 36.2 Å². The van der Waals surface area contributed by atoms with Crippen LogP contribution in [0.15, 0.2) is 23.1 Å².